The van der Waals surface area contributed by atoms with Crippen LogP contribution in [0.5, 0.6) is 0 Å². The van der Waals surface area contributed by atoms with Crippen molar-refractivity contribution in [2.24, 2.45) is 7.05 Å². The van der Waals surface area contributed by atoms with Crippen molar-refractivity contribution in [3.63, 3.8) is 0 Å². The van der Waals surface area contributed by atoms with Crippen molar-refractivity contribution >= 4 is 5.69 Å². The zero-order chi connectivity index (χ0) is 15.5. The zero-order valence-corrected chi connectivity index (χ0v) is 13.8. The fourth-order valence-corrected chi connectivity index (χ4v) is 3.36. The van der Waals surface area contributed by atoms with Crippen LogP contribution in [0.1, 0.15) is 29.8 Å². The lowest BCUT2D eigenvalue weighted by Gasteiger charge is -2.33. The van der Waals surface area contributed by atoms with E-state index in [1.807, 2.05) is 11.7 Å². The highest BCUT2D eigenvalue weighted by atomic mass is 15.3. The first kappa shape index (κ1) is 15.1. The predicted octanol–water partition coefficient (Wildman–Crippen LogP) is 3.11. The summed E-state index contributed by atoms with van der Waals surface area (Å²) in [7, 11) is 2.03. The third kappa shape index (κ3) is 3.33. The lowest BCUT2D eigenvalue weighted by molar-refractivity contribution is 0.208. The van der Waals surface area contributed by atoms with Crippen molar-refractivity contribution in [3.05, 3.63) is 47.3 Å². The third-order valence-electron chi connectivity index (χ3n) is 4.69. The predicted molar refractivity (Wildman–Crippen MR) is 91.0 cm³/mol. The van der Waals surface area contributed by atoms with E-state index in [0.29, 0.717) is 6.04 Å². The summed E-state index contributed by atoms with van der Waals surface area (Å²) in [5.41, 5.74) is 5.07. The van der Waals surface area contributed by atoms with Crippen LogP contribution < -0.4 is 5.32 Å². The van der Waals surface area contributed by atoms with Gasteiger partial charge in [0.2, 0.25) is 0 Å². The van der Waals surface area contributed by atoms with Crippen molar-refractivity contribution in [3.8, 4) is 0 Å². The Labute approximate surface area is 133 Å². The van der Waals surface area contributed by atoms with Gasteiger partial charge in [-0.15, -0.1) is 0 Å². The summed E-state index contributed by atoms with van der Waals surface area (Å²) in [6.07, 6.45) is 2.50. The molecule has 0 spiro atoms. The van der Waals surface area contributed by atoms with Crippen LogP contribution in [-0.2, 0) is 13.6 Å². The van der Waals surface area contributed by atoms with E-state index in [9.17, 15) is 0 Å². The number of piperidine rings is 1. The van der Waals surface area contributed by atoms with Crippen molar-refractivity contribution in [2.75, 3.05) is 18.4 Å². The van der Waals surface area contributed by atoms with Crippen molar-refractivity contribution in [2.45, 2.75) is 39.3 Å². The molecule has 1 fully saturated rings. The molecule has 22 heavy (non-hydrogen) atoms. The van der Waals surface area contributed by atoms with Crippen LogP contribution in [0, 0.1) is 13.8 Å². The van der Waals surface area contributed by atoms with E-state index in [0.717, 1.165) is 18.8 Å². The van der Waals surface area contributed by atoms with Crippen molar-refractivity contribution < 1.29 is 0 Å². The molecule has 4 heteroatoms. The van der Waals surface area contributed by atoms with Gasteiger partial charge < -0.3 is 5.32 Å². The van der Waals surface area contributed by atoms with Gasteiger partial charge in [0, 0.05) is 43.1 Å². The summed E-state index contributed by atoms with van der Waals surface area (Å²) < 4.78 is 1.99. The Bertz CT molecular complexity index is 618. The topological polar surface area (TPSA) is 33.1 Å². The van der Waals surface area contributed by atoms with Gasteiger partial charge in [0.1, 0.15) is 0 Å². The highest BCUT2D eigenvalue weighted by Crippen LogP contribution is 2.20. The molecule has 0 amide bonds. The minimum absolute atomic E-state index is 0.536. The lowest BCUT2D eigenvalue weighted by Crippen LogP contribution is -2.41. The number of aromatic nitrogens is 2. The number of anilines is 1. The Morgan fingerprint density at radius 1 is 1.23 bits per heavy atom. The van der Waals surface area contributed by atoms with E-state index in [1.165, 1.54) is 36.3 Å². The highest BCUT2D eigenvalue weighted by molar-refractivity contribution is 5.43. The normalized spacial score (nSPS) is 19.3. The summed E-state index contributed by atoms with van der Waals surface area (Å²) in [4.78, 5) is 2.56. The molecule has 4 nitrogen and oxygen atoms in total. The van der Waals surface area contributed by atoms with Crippen LogP contribution in [0.3, 0.4) is 0 Å². The molecule has 0 aliphatic carbocycles. The molecule has 1 aliphatic heterocycles. The Kier molecular flexibility index (Phi) is 4.48. The van der Waals surface area contributed by atoms with E-state index in [-0.39, 0.29) is 0 Å². The average molecular weight is 298 g/mol. The molecule has 118 valence electrons. The van der Waals surface area contributed by atoms with E-state index in [4.69, 9.17) is 0 Å². The number of nitrogens with one attached hydrogen (secondary N) is 1. The first-order valence-electron chi connectivity index (χ1n) is 8.16. The van der Waals surface area contributed by atoms with Gasteiger partial charge >= 0.3 is 0 Å². The second-order valence-corrected chi connectivity index (χ2v) is 6.36. The number of nitrogens with zero attached hydrogens (tertiary/aromatic N) is 3. The maximum absolute atomic E-state index is 4.54. The molecule has 1 atom stereocenters. The number of rotatable bonds is 4. The molecule has 2 heterocycles. The van der Waals surface area contributed by atoms with Crippen LogP contribution >= 0.6 is 0 Å². The van der Waals surface area contributed by atoms with E-state index < -0.39 is 0 Å². The molecule has 0 radical (unpaired) electrons. The van der Waals surface area contributed by atoms with Gasteiger partial charge in [-0.25, -0.2) is 0 Å². The average Bonchev–Trinajstić information content (AvgIpc) is 2.75. The molecule has 0 saturated carbocycles. The van der Waals surface area contributed by atoms with Gasteiger partial charge in [0.15, 0.2) is 0 Å². The minimum atomic E-state index is 0.536. The van der Waals surface area contributed by atoms with Gasteiger partial charge in [0.05, 0.1) is 5.69 Å². The van der Waals surface area contributed by atoms with Crippen LogP contribution in [0.2, 0.25) is 0 Å². The molecule has 1 aromatic carbocycles. The fourth-order valence-electron chi connectivity index (χ4n) is 3.36. The fraction of sp³-hybridized carbons (Fsp3) is 0.500. The number of benzene rings is 1. The summed E-state index contributed by atoms with van der Waals surface area (Å²) in [5, 5.41) is 8.21. The standard InChI is InChI=1S/C18H26N4/c1-14-18(15(2)21(3)20-14)13-22-11-7-10-17(12-22)19-16-8-5-4-6-9-16/h4-6,8-9,17,19H,7,10-13H2,1-3H3. The highest BCUT2D eigenvalue weighted by Gasteiger charge is 2.21. The summed E-state index contributed by atoms with van der Waals surface area (Å²) in [6, 6.07) is 11.1. The van der Waals surface area contributed by atoms with Gasteiger partial charge in [-0.3, -0.25) is 9.58 Å². The van der Waals surface area contributed by atoms with Crippen molar-refractivity contribution in [1.82, 2.24) is 14.7 Å². The molecule has 3 rings (SSSR count). The van der Waals surface area contributed by atoms with Crippen LogP contribution in [0.4, 0.5) is 5.69 Å². The van der Waals surface area contributed by atoms with E-state index >= 15 is 0 Å². The number of hydrogen-bond acceptors (Lipinski definition) is 3. The second kappa shape index (κ2) is 6.53. The third-order valence-corrected chi connectivity index (χ3v) is 4.69. The maximum atomic E-state index is 4.54. The van der Waals surface area contributed by atoms with Crippen LogP contribution in [0.25, 0.3) is 0 Å². The first-order chi connectivity index (χ1) is 10.6. The molecular weight excluding hydrogens is 272 g/mol. The SMILES string of the molecule is Cc1nn(C)c(C)c1CN1CCCC(Nc2ccccc2)C1. The summed E-state index contributed by atoms with van der Waals surface area (Å²) >= 11 is 0. The van der Waals surface area contributed by atoms with E-state index in [2.05, 4.69) is 59.5 Å². The zero-order valence-electron chi connectivity index (χ0n) is 13.8. The molecule has 0 bridgehead atoms. The number of aryl methyl sites for hydroxylation is 2. The molecule has 1 aromatic heterocycles. The quantitative estimate of drug-likeness (QED) is 0.941. The summed E-state index contributed by atoms with van der Waals surface area (Å²) in [6.45, 7) is 7.58. The molecule has 1 aliphatic rings. The second-order valence-electron chi connectivity index (χ2n) is 6.36. The first-order valence-corrected chi connectivity index (χ1v) is 8.16. The molecule has 2 aromatic rings. The Balaban J connectivity index is 1.63. The molecule has 1 saturated heterocycles. The Morgan fingerprint density at radius 2 is 2.00 bits per heavy atom. The largest absolute Gasteiger partial charge is 0.381 e. The smallest absolute Gasteiger partial charge is 0.0641 e. The minimum Gasteiger partial charge on any atom is -0.381 e. The Hall–Kier alpha value is -1.81. The Morgan fingerprint density at radius 3 is 2.68 bits per heavy atom. The number of hydrogen-bond donors (Lipinski definition) is 1. The van der Waals surface area contributed by atoms with E-state index in [1.54, 1.807) is 0 Å². The van der Waals surface area contributed by atoms with Crippen LogP contribution in [0.15, 0.2) is 30.3 Å². The van der Waals surface area contributed by atoms with Gasteiger partial charge in [-0.05, 0) is 45.4 Å². The van der Waals surface area contributed by atoms with Gasteiger partial charge in [0.25, 0.3) is 0 Å². The monoisotopic (exact) mass is 298 g/mol. The lowest BCUT2D eigenvalue weighted by atomic mass is 10.0. The van der Waals surface area contributed by atoms with Crippen LogP contribution in [-0.4, -0.2) is 33.8 Å². The van der Waals surface area contributed by atoms with Gasteiger partial charge in [-0.2, -0.15) is 5.10 Å². The molecular formula is C18H26N4. The summed E-state index contributed by atoms with van der Waals surface area (Å²) in [5.74, 6) is 0. The maximum Gasteiger partial charge on any atom is 0.0641 e. The van der Waals surface area contributed by atoms with Crippen molar-refractivity contribution in [1.29, 1.82) is 0 Å². The molecule has 1 unspecified atom stereocenters. The van der Waals surface area contributed by atoms with Gasteiger partial charge in [-0.1, -0.05) is 18.2 Å². The number of para-hydroxylation sites is 1. The number of likely N-dealkylation sites (tertiary alicyclic amines) is 1. The molecule has 1 N–H and O–H groups in total.